The van der Waals surface area contributed by atoms with Crippen LogP contribution in [0.4, 0.5) is 0 Å². The molecule has 1 heterocycles. The molecule has 2 rings (SSSR count). The highest BCUT2D eigenvalue weighted by Crippen LogP contribution is 2.35. The topological polar surface area (TPSA) is 54.4 Å². The molecule has 88 valence electrons. The molecule has 7 heteroatoms. The zero-order chi connectivity index (χ0) is 11.2. The third-order valence-electron chi connectivity index (χ3n) is 2.09. The molecular weight excluding hydrogens is 291 g/mol. The Morgan fingerprint density at radius 3 is 2.56 bits per heavy atom. The van der Waals surface area contributed by atoms with E-state index in [0.717, 1.165) is 21.4 Å². The van der Waals surface area contributed by atoms with Crippen LogP contribution in [0.15, 0.2) is 22.4 Å². The van der Waals surface area contributed by atoms with Crippen LogP contribution < -0.4 is 0 Å². The van der Waals surface area contributed by atoms with E-state index in [1.165, 1.54) is 0 Å². The number of hydrogen-bond acceptors (Lipinski definition) is 3. The van der Waals surface area contributed by atoms with Crippen molar-refractivity contribution in [3.05, 3.63) is 28.8 Å². The smallest absolute Gasteiger partial charge is 0.281 e. The minimum Gasteiger partial charge on any atom is -0.281 e. The van der Waals surface area contributed by atoms with Crippen LogP contribution in [-0.2, 0) is 10.1 Å². The minimum absolute atomic E-state index is 0. The number of thiophene rings is 1. The first-order valence-electron chi connectivity index (χ1n) is 4.06. The molecule has 2 aromatic rings. The van der Waals surface area contributed by atoms with Crippen LogP contribution in [0.1, 0.15) is 5.56 Å². The maximum Gasteiger partial charge on any atom is 0.304 e. The van der Waals surface area contributed by atoms with Crippen molar-refractivity contribution in [3.63, 3.8) is 0 Å². The summed E-state index contributed by atoms with van der Waals surface area (Å²) < 4.78 is 31.9. The molecule has 0 radical (unpaired) electrons. The van der Waals surface area contributed by atoms with Crippen LogP contribution in [-0.4, -0.2) is 13.0 Å². The summed E-state index contributed by atoms with van der Waals surface area (Å²) in [5.74, 6) is 0. The monoisotopic (exact) mass is 298 g/mol. The molecule has 0 aliphatic heterocycles. The van der Waals surface area contributed by atoms with Crippen molar-refractivity contribution in [3.8, 4) is 0 Å². The summed E-state index contributed by atoms with van der Waals surface area (Å²) in [6.45, 7) is 1.65. The van der Waals surface area contributed by atoms with E-state index in [4.69, 9.17) is 16.2 Å². The van der Waals surface area contributed by atoms with Gasteiger partial charge in [-0.3, -0.25) is 4.55 Å². The minimum atomic E-state index is -4.13. The molecule has 1 N–H and O–H groups in total. The van der Waals surface area contributed by atoms with Crippen LogP contribution in [0.2, 0.25) is 5.02 Å². The maximum absolute atomic E-state index is 11.0. The van der Waals surface area contributed by atoms with E-state index in [0.29, 0.717) is 10.6 Å². The van der Waals surface area contributed by atoms with E-state index in [1.54, 1.807) is 25.1 Å². The predicted molar refractivity (Wildman–Crippen MR) is 68.6 cm³/mol. The quantitative estimate of drug-likeness (QED) is 0.820. The van der Waals surface area contributed by atoms with Gasteiger partial charge in [-0.1, -0.05) is 11.6 Å². The lowest BCUT2D eigenvalue weighted by Crippen LogP contribution is -1.96. The third kappa shape index (κ3) is 2.33. The lowest BCUT2D eigenvalue weighted by atomic mass is 10.2. The van der Waals surface area contributed by atoms with E-state index in [9.17, 15) is 8.42 Å². The Bertz CT molecular complexity index is 631. The first-order chi connectivity index (χ1) is 6.89. The van der Waals surface area contributed by atoms with E-state index in [-0.39, 0.29) is 16.6 Å². The number of halogens is 2. The summed E-state index contributed by atoms with van der Waals surface area (Å²) in [5.41, 5.74) is 0.542. The second kappa shape index (κ2) is 4.50. The van der Waals surface area contributed by atoms with Crippen LogP contribution in [0.5, 0.6) is 0 Å². The third-order valence-corrected chi connectivity index (χ3v) is 5.05. The number of rotatable bonds is 1. The van der Waals surface area contributed by atoms with Gasteiger partial charge in [0.25, 0.3) is 0 Å². The van der Waals surface area contributed by atoms with Crippen LogP contribution in [0.3, 0.4) is 0 Å². The molecule has 0 saturated carbocycles. The molecule has 0 aliphatic rings. The fraction of sp³-hybridized carbons (Fsp3) is 0.111. The molecular formula is C9H8Cl2O3S2. The molecule has 0 aliphatic carbocycles. The standard InChI is InChI=1S/C9H7ClO3S2.ClH/c1-5-7-4-6(10)2-3-8(7)14-9(5)15(11,12)13;/h2-4H,1H3,(H,11,12,13);1H. The SMILES string of the molecule is Cc1c(S(=O)(=O)O)sc2ccc(Cl)cc12.Cl. The molecule has 0 spiro atoms. The summed E-state index contributed by atoms with van der Waals surface area (Å²) in [6, 6.07) is 5.12. The maximum atomic E-state index is 11.0. The Kier molecular flexibility index (Phi) is 3.87. The van der Waals surface area contributed by atoms with Crippen molar-refractivity contribution in [2.24, 2.45) is 0 Å². The van der Waals surface area contributed by atoms with Gasteiger partial charge in [0.1, 0.15) is 0 Å². The molecule has 0 saturated heterocycles. The van der Waals surface area contributed by atoms with Crippen molar-refractivity contribution >= 4 is 55.5 Å². The summed E-state index contributed by atoms with van der Waals surface area (Å²) in [7, 11) is -4.13. The molecule has 1 aromatic heterocycles. The van der Waals surface area contributed by atoms with Gasteiger partial charge >= 0.3 is 10.1 Å². The highest BCUT2D eigenvalue weighted by Gasteiger charge is 2.18. The summed E-state index contributed by atoms with van der Waals surface area (Å²) in [4.78, 5) is 0. The first-order valence-corrected chi connectivity index (χ1v) is 6.69. The molecule has 0 amide bonds. The highest BCUT2D eigenvalue weighted by molar-refractivity contribution is 7.88. The van der Waals surface area contributed by atoms with Gasteiger partial charge in [-0.05, 0) is 36.1 Å². The number of benzene rings is 1. The Hall–Kier alpha value is -0.330. The second-order valence-corrected chi connectivity index (χ2v) is 6.24. The molecule has 1 aromatic carbocycles. The first kappa shape index (κ1) is 13.7. The number of fused-ring (bicyclic) bond motifs is 1. The molecule has 3 nitrogen and oxygen atoms in total. The van der Waals surface area contributed by atoms with E-state index in [1.807, 2.05) is 0 Å². The molecule has 16 heavy (non-hydrogen) atoms. The van der Waals surface area contributed by atoms with Gasteiger partial charge in [-0.2, -0.15) is 8.42 Å². The van der Waals surface area contributed by atoms with E-state index >= 15 is 0 Å². The second-order valence-electron chi connectivity index (χ2n) is 3.13. The normalized spacial score (nSPS) is 11.4. The summed E-state index contributed by atoms with van der Waals surface area (Å²) in [5, 5.41) is 1.31. The predicted octanol–water partition coefficient (Wildman–Crippen LogP) is 3.53. The summed E-state index contributed by atoms with van der Waals surface area (Å²) >= 11 is 6.85. The molecule has 0 bridgehead atoms. The largest absolute Gasteiger partial charge is 0.304 e. The van der Waals surface area contributed by atoms with E-state index < -0.39 is 10.1 Å². The van der Waals surface area contributed by atoms with Crippen molar-refractivity contribution in [2.45, 2.75) is 11.1 Å². The lowest BCUT2D eigenvalue weighted by Gasteiger charge is -1.94. The van der Waals surface area contributed by atoms with Crippen molar-refractivity contribution in [1.82, 2.24) is 0 Å². The van der Waals surface area contributed by atoms with Gasteiger partial charge in [-0.25, -0.2) is 0 Å². The zero-order valence-electron chi connectivity index (χ0n) is 8.10. The lowest BCUT2D eigenvalue weighted by molar-refractivity contribution is 0.485. The van der Waals surface area contributed by atoms with Gasteiger partial charge in [0, 0.05) is 9.72 Å². The Morgan fingerprint density at radius 2 is 2.00 bits per heavy atom. The van der Waals surface area contributed by atoms with E-state index in [2.05, 4.69) is 0 Å². The Balaban J connectivity index is 0.00000128. The molecule has 0 fully saturated rings. The van der Waals surface area contributed by atoms with Crippen molar-refractivity contribution in [2.75, 3.05) is 0 Å². The highest BCUT2D eigenvalue weighted by atomic mass is 35.5. The molecule has 0 atom stereocenters. The summed E-state index contributed by atoms with van der Waals surface area (Å²) in [6.07, 6.45) is 0. The van der Waals surface area contributed by atoms with Gasteiger partial charge in [0.2, 0.25) is 0 Å². The number of aryl methyl sites for hydroxylation is 1. The van der Waals surface area contributed by atoms with Gasteiger partial charge in [0.15, 0.2) is 4.21 Å². The molecule has 0 unspecified atom stereocenters. The Labute approximate surface area is 108 Å². The van der Waals surface area contributed by atoms with Crippen LogP contribution >= 0.6 is 35.3 Å². The Morgan fingerprint density at radius 1 is 1.38 bits per heavy atom. The fourth-order valence-corrected chi connectivity index (χ4v) is 3.70. The fourth-order valence-electron chi connectivity index (χ4n) is 1.42. The van der Waals surface area contributed by atoms with Gasteiger partial charge < -0.3 is 0 Å². The van der Waals surface area contributed by atoms with Crippen LogP contribution in [0, 0.1) is 6.92 Å². The number of hydrogen-bond donors (Lipinski definition) is 1. The zero-order valence-corrected chi connectivity index (χ0v) is 11.3. The average Bonchev–Trinajstić information content (AvgIpc) is 2.43. The van der Waals surface area contributed by atoms with Crippen molar-refractivity contribution < 1.29 is 13.0 Å². The van der Waals surface area contributed by atoms with Crippen molar-refractivity contribution in [1.29, 1.82) is 0 Å². The van der Waals surface area contributed by atoms with Gasteiger partial charge in [0.05, 0.1) is 0 Å². The average molecular weight is 299 g/mol. The van der Waals surface area contributed by atoms with Crippen LogP contribution in [0.25, 0.3) is 10.1 Å². The van der Waals surface area contributed by atoms with Gasteiger partial charge in [-0.15, -0.1) is 23.7 Å².